The van der Waals surface area contributed by atoms with Crippen LogP contribution in [0.2, 0.25) is 0 Å². The Labute approximate surface area is 133 Å². The van der Waals surface area contributed by atoms with Crippen LogP contribution in [-0.4, -0.2) is 22.9 Å². The number of aromatic nitrogens is 2. The van der Waals surface area contributed by atoms with E-state index in [1.165, 1.54) is 0 Å². The molecular weight excluding hydrogens is 388 g/mol. The standard InChI is InChI=1S/C13H12Br2N4O/c1-7-10(15)3-4-11(18-7)19-13(20)9-5-8(14)6-17-12(9)16-2/h3-6H,1-2H3,(H,16,17)(H,18,19,20). The van der Waals surface area contributed by atoms with Gasteiger partial charge in [0.25, 0.3) is 5.91 Å². The molecule has 0 bridgehead atoms. The average Bonchev–Trinajstić information content (AvgIpc) is 2.43. The molecule has 0 aliphatic carbocycles. The van der Waals surface area contributed by atoms with Gasteiger partial charge in [-0.05, 0) is 57.0 Å². The molecule has 0 aliphatic rings. The van der Waals surface area contributed by atoms with E-state index in [-0.39, 0.29) is 5.91 Å². The van der Waals surface area contributed by atoms with Crippen LogP contribution in [0.1, 0.15) is 16.1 Å². The topological polar surface area (TPSA) is 66.9 Å². The van der Waals surface area contributed by atoms with E-state index in [1.807, 2.05) is 13.0 Å². The summed E-state index contributed by atoms with van der Waals surface area (Å²) in [6.07, 6.45) is 1.63. The summed E-state index contributed by atoms with van der Waals surface area (Å²) >= 11 is 6.68. The number of amides is 1. The summed E-state index contributed by atoms with van der Waals surface area (Å²) in [7, 11) is 1.72. The first-order valence-corrected chi connectivity index (χ1v) is 7.37. The molecule has 2 rings (SSSR count). The Morgan fingerprint density at radius 3 is 2.70 bits per heavy atom. The Morgan fingerprint density at radius 2 is 2.05 bits per heavy atom. The third-order valence-corrected chi connectivity index (χ3v) is 3.87. The second-order valence-electron chi connectivity index (χ2n) is 4.02. The van der Waals surface area contributed by atoms with E-state index in [4.69, 9.17) is 0 Å². The lowest BCUT2D eigenvalue weighted by Crippen LogP contribution is -2.16. The SMILES string of the molecule is CNc1ncc(Br)cc1C(=O)Nc1ccc(Br)c(C)n1. The number of hydrogen-bond acceptors (Lipinski definition) is 4. The second-order valence-corrected chi connectivity index (χ2v) is 5.79. The molecule has 0 saturated heterocycles. The summed E-state index contributed by atoms with van der Waals surface area (Å²) in [5, 5.41) is 5.65. The van der Waals surface area contributed by atoms with Crippen LogP contribution in [0.5, 0.6) is 0 Å². The molecule has 0 saturated carbocycles. The van der Waals surface area contributed by atoms with Crippen LogP contribution in [0.15, 0.2) is 33.3 Å². The highest BCUT2D eigenvalue weighted by Crippen LogP contribution is 2.20. The zero-order valence-electron chi connectivity index (χ0n) is 10.9. The van der Waals surface area contributed by atoms with Crippen molar-refractivity contribution in [2.75, 3.05) is 17.7 Å². The molecule has 5 nitrogen and oxygen atoms in total. The lowest BCUT2D eigenvalue weighted by molar-refractivity contribution is 0.102. The molecule has 0 aliphatic heterocycles. The van der Waals surface area contributed by atoms with Gasteiger partial charge < -0.3 is 10.6 Å². The number of nitrogens with one attached hydrogen (secondary N) is 2. The monoisotopic (exact) mass is 398 g/mol. The summed E-state index contributed by atoms with van der Waals surface area (Å²) in [4.78, 5) is 20.7. The van der Waals surface area contributed by atoms with Gasteiger partial charge in [-0.25, -0.2) is 9.97 Å². The van der Waals surface area contributed by atoms with Gasteiger partial charge in [0.2, 0.25) is 0 Å². The van der Waals surface area contributed by atoms with E-state index >= 15 is 0 Å². The van der Waals surface area contributed by atoms with Gasteiger partial charge in [0.1, 0.15) is 11.6 Å². The maximum absolute atomic E-state index is 12.3. The van der Waals surface area contributed by atoms with Crippen LogP contribution in [0.3, 0.4) is 0 Å². The van der Waals surface area contributed by atoms with Gasteiger partial charge in [-0.2, -0.15) is 0 Å². The van der Waals surface area contributed by atoms with Crippen LogP contribution in [0.25, 0.3) is 0 Å². The number of carbonyl (C=O) groups is 1. The van der Waals surface area contributed by atoms with Crippen LogP contribution in [0.4, 0.5) is 11.6 Å². The minimum atomic E-state index is -0.266. The van der Waals surface area contributed by atoms with Crippen LogP contribution in [0, 0.1) is 6.92 Å². The number of nitrogens with zero attached hydrogens (tertiary/aromatic N) is 2. The smallest absolute Gasteiger partial charge is 0.260 e. The molecule has 0 radical (unpaired) electrons. The maximum atomic E-state index is 12.3. The van der Waals surface area contributed by atoms with Crippen molar-refractivity contribution in [1.29, 1.82) is 0 Å². The van der Waals surface area contributed by atoms with Gasteiger partial charge in [0, 0.05) is 22.2 Å². The number of aryl methyl sites for hydroxylation is 1. The number of hydrogen-bond donors (Lipinski definition) is 2. The second kappa shape index (κ2) is 6.32. The molecule has 7 heteroatoms. The summed E-state index contributed by atoms with van der Waals surface area (Å²) in [6.45, 7) is 1.86. The van der Waals surface area contributed by atoms with Gasteiger partial charge in [0.15, 0.2) is 0 Å². The van der Waals surface area contributed by atoms with Crippen molar-refractivity contribution in [2.24, 2.45) is 0 Å². The van der Waals surface area contributed by atoms with Crippen molar-refractivity contribution in [3.8, 4) is 0 Å². The minimum Gasteiger partial charge on any atom is -0.372 e. The molecule has 0 spiro atoms. The van der Waals surface area contributed by atoms with Crippen molar-refractivity contribution in [2.45, 2.75) is 6.92 Å². The van der Waals surface area contributed by atoms with Crippen molar-refractivity contribution >= 4 is 49.4 Å². The predicted octanol–water partition coefficient (Wildman–Crippen LogP) is 3.60. The van der Waals surface area contributed by atoms with Crippen LogP contribution in [-0.2, 0) is 0 Å². The molecule has 2 aromatic heterocycles. The Morgan fingerprint density at radius 1 is 1.30 bits per heavy atom. The number of halogens is 2. The molecular formula is C13H12Br2N4O. The Kier molecular flexibility index (Phi) is 4.72. The summed E-state index contributed by atoms with van der Waals surface area (Å²) in [5.74, 6) is 0.745. The summed E-state index contributed by atoms with van der Waals surface area (Å²) < 4.78 is 1.64. The first-order valence-electron chi connectivity index (χ1n) is 5.79. The molecule has 0 atom stereocenters. The van der Waals surface area contributed by atoms with E-state index in [0.29, 0.717) is 17.2 Å². The Bertz CT molecular complexity index is 661. The molecule has 1 amide bonds. The summed E-state index contributed by atoms with van der Waals surface area (Å²) in [5.41, 5.74) is 1.26. The number of carbonyl (C=O) groups excluding carboxylic acids is 1. The molecule has 2 heterocycles. The van der Waals surface area contributed by atoms with Crippen LogP contribution < -0.4 is 10.6 Å². The predicted molar refractivity (Wildman–Crippen MR) is 86.1 cm³/mol. The fraction of sp³-hybridized carbons (Fsp3) is 0.154. The summed E-state index contributed by atoms with van der Waals surface area (Å²) in [6, 6.07) is 5.29. The van der Waals surface area contributed by atoms with E-state index in [0.717, 1.165) is 14.6 Å². The molecule has 2 N–H and O–H groups in total. The molecule has 0 unspecified atom stereocenters. The average molecular weight is 400 g/mol. The first kappa shape index (κ1) is 14.9. The van der Waals surface area contributed by atoms with Gasteiger partial charge in [-0.3, -0.25) is 4.79 Å². The highest BCUT2D eigenvalue weighted by molar-refractivity contribution is 9.10. The third kappa shape index (κ3) is 3.34. The van der Waals surface area contributed by atoms with Crippen LogP contribution >= 0.6 is 31.9 Å². The van der Waals surface area contributed by atoms with Gasteiger partial charge in [-0.1, -0.05) is 0 Å². The first-order chi connectivity index (χ1) is 9.51. The Balaban J connectivity index is 2.27. The van der Waals surface area contributed by atoms with Gasteiger partial charge in [-0.15, -0.1) is 0 Å². The van der Waals surface area contributed by atoms with Gasteiger partial charge >= 0.3 is 0 Å². The third-order valence-electron chi connectivity index (χ3n) is 2.60. The largest absolute Gasteiger partial charge is 0.372 e. The minimum absolute atomic E-state index is 0.266. The molecule has 0 aromatic carbocycles. The van der Waals surface area contributed by atoms with E-state index in [2.05, 4.69) is 52.5 Å². The molecule has 2 aromatic rings. The number of pyridine rings is 2. The fourth-order valence-corrected chi connectivity index (χ4v) is 2.16. The fourth-order valence-electron chi connectivity index (χ4n) is 1.61. The lowest BCUT2D eigenvalue weighted by Gasteiger charge is -2.09. The molecule has 104 valence electrons. The Hall–Kier alpha value is -1.47. The van der Waals surface area contributed by atoms with Crippen molar-refractivity contribution < 1.29 is 4.79 Å². The van der Waals surface area contributed by atoms with Crippen molar-refractivity contribution in [3.63, 3.8) is 0 Å². The number of anilines is 2. The highest BCUT2D eigenvalue weighted by atomic mass is 79.9. The van der Waals surface area contributed by atoms with E-state index < -0.39 is 0 Å². The zero-order chi connectivity index (χ0) is 14.7. The zero-order valence-corrected chi connectivity index (χ0v) is 14.0. The lowest BCUT2D eigenvalue weighted by atomic mass is 10.2. The van der Waals surface area contributed by atoms with Crippen molar-refractivity contribution in [3.05, 3.63) is 44.6 Å². The molecule has 20 heavy (non-hydrogen) atoms. The highest BCUT2D eigenvalue weighted by Gasteiger charge is 2.13. The maximum Gasteiger partial charge on any atom is 0.260 e. The van der Waals surface area contributed by atoms with E-state index in [9.17, 15) is 4.79 Å². The normalized spacial score (nSPS) is 10.2. The number of rotatable bonds is 3. The van der Waals surface area contributed by atoms with Crippen molar-refractivity contribution in [1.82, 2.24) is 9.97 Å². The molecule has 0 fully saturated rings. The van der Waals surface area contributed by atoms with E-state index in [1.54, 1.807) is 25.4 Å². The van der Waals surface area contributed by atoms with Gasteiger partial charge in [0.05, 0.1) is 11.3 Å². The quantitative estimate of drug-likeness (QED) is 0.827.